The molecule has 4 aromatic rings. The minimum Gasteiger partial charge on any atom is -0.340 e. The molecule has 0 radical (unpaired) electrons. The molecular weight excluding hydrogens is 389 g/mol. The zero-order valence-electron chi connectivity index (χ0n) is 16.5. The Bertz CT molecular complexity index is 1100. The van der Waals surface area contributed by atoms with Crippen molar-refractivity contribution in [2.45, 2.75) is 6.67 Å². The maximum atomic E-state index is 6.49. The molecule has 4 nitrogen and oxygen atoms in total. The summed E-state index contributed by atoms with van der Waals surface area (Å²) >= 11 is 0. The molecule has 5 rings (SSSR count). The van der Waals surface area contributed by atoms with Gasteiger partial charge in [-0.1, -0.05) is 65.4 Å². The number of aromatic nitrogens is 1. The monoisotopic (exact) mass is 411 g/mol. The van der Waals surface area contributed by atoms with Crippen LogP contribution in [0.25, 0.3) is 0 Å². The molecule has 0 unspecified atom stereocenters. The molecule has 2 heterocycles. The summed E-state index contributed by atoms with van der Waals surface area (Å²) in [6.07, 6.45) is 4.10. The van der Waals surface area contributed by atoms with Crippen molar-refractivity contribution in [3.8, 4) is 0 Å². The number of nitrogens with zero attached hydrogens (tertiary/aromatic N) is 3. The van der Waals surface area contributed by atoms with E-state index in [0.29, 0.717) is 12.6 Å². The Morgan fingerprint density at radius 3 is 1.73 bits per heavy atom. The van der Waals surface area contributed by atoms with Crippen molar-refractivity contribution in [1.82, 2.24) is 4.83 Å². The van der Waals surface area contributed by atoms with Gasteiger partial charge in [0, 0.05) is 17.7 Å². The lowest BCUT2D eigenvalue weighted by Crippen LogP contribution is -2.45. The fraction of sp³-hybridized carbons (Fsp3) is 0.0400. The van der Waals surface area contributed by atoms with Gasteiger partial charge in [0.25, 0.3) is 12.6 Å². The first-order valence-electron chi connectivity index (χ1n) is 9.92. The summed E-state index contributed by atoms with van der Waals surface area (Å²) in [5.41, 5.74) is 0.981. The molecule has 0 N–H and O–H groups in total. The maximum absolute atomic E-state index is 6.49. The molecule has 1 aliphatic rings. The fourth-order valence-electron chi connectivity index (χ4n) is 3.63. The normalized spacial score (nSPS) is 15.4. The Morgan fingerprint density at radius 2 is 1.17 bits per heavy atom. The zero-order chi connectivity index (χ0) is 20.2. The first-order valence-corrected chi connectivity index (χ1v) is 11.6. The van der Waals surface area contributed by atoms with Gasteiger partial charge >= 0.3 is 7.56 Å². The Morgan fingerprint density at radius 1 is 0.667 bits per heavy atom. The van der Waals surface area contributed by atoms with Crippen LogP contribution in [-0.2, 0) is 11.5 Å². The van der Waals surface area contributed by atoms with E-state index < -0.39 is 7.56 Å². The van der Waals surface area contributed by atoms with Crippen LogP contribution in [0, 0.1) is 0 Å². The van der Waals surface area contributed by atoms with E-state index >= 15 is 0 Å². The van der Waals surface area contributed by atoms with Crippen LogP contribution in [0.1, 0.15) is 5.56 Å². The molecule has 0 saturated heterocycles. The fourth-order valence-corrected chi connectivity index (χ4v) is 6.89. The molecule has 0 fully saturated rings. The first kappa shape index (κ1) is 18.7. The van der Waals surface area contributed by atoms with Gasteiger partial charge in [-0.25, -0.2) is 0 Å². The standard InChI is InChI=1S/C25H22N3OP/c1-5-13-22(14-6-1)25-26-30(23-15-7-2-8-16-23,24-17-9-3-10-18-24)28(29-25)21-27-19-11-4-12-20-27/h1-20H,21H2/q+2. The lowest BCUT2D eigenvalue weighted by molar-refractivity contribution is -0.719. The first-order chi connectivity index (χ1) is 14.9. The molecule has 0 spiro atoms. The van der Waals surface area contributed by atoms with Gasteiger partial charge in [-0.3, -0.25) is 0 Å². The Balaban J connectivity index is 1.71. The lowest BCUT2D eigenvalue weighted by atomic mass is 10.2. The van der Waals surface area contributed by atoms with Gasteiger partial charge in [0.05, 0.1) is 4.83 Å². The third-order valence-corrected chi connectivity index (χ3v) is 8.43. The molecular formula is C25H22N3OP+2. The quantitative estimate of drug-likeness (QED) is 0.365. The summed E-state index contributed by atoms with van der Waals surface area (Å²) in [4.78, 5) is 8.56. The SMILES string of the molecule is c1ccc(C2=N[P+](c3ccccc3)(c3ccccc3)N(C[n+]3ccccc3)O2)cc1. The highest BCUT2D eigenvalue weighted by atomic mass is 31.2. The van der Waals surface area contributed by atoms with Gasteiger partial charge in [0.1, 0.15) is 10.6 Å². The highest BCUT2D eigenvalue weighted by molar-refractivity contribution is 7.86. The predicted molar refractivity (Wildman–Crippen MR) is 122 cm³/mol. The van der Waals surface area contributed by atoms with Gasteiger partial charge in [-0.05, 0) is 36.4 Å². The number of rotatable bonds is 5. The van der Waals surface area contributed by atoms with E-state index in [2.05, 4.69) is 70.3 Å². The summed E-state index contributed by atoms with van der Waals surface area (Å²) in [5, 5.41) is 2.33. The minimum atomic E-state index is -2.37. The second-order valence-corrected chi connectivity index (χ2v) is 9.90. The van der Waals surface area contributed by atoms with Crippen molar-refractivity contribution in [3.63, 3.8) is 0 Å². The molecule has 30 heavy (non-hydrogen) atoms. The molecule has 0 amide bonds. The van der Waals surface area contributed by atoms with Gasteiger partial charge in [0.15, 0.2) is 12.4 Å². The van der Waals surface area contributed by atoms with Gasteiger partial charge < -0.3 is 4.84 Å². The van der Waals surface area contributed by atoms with E-state index in [0.717, 1.165) is 5.56 Å². The minimum absolute atomic E-state index is 0.568. The smallest absolute Gasteiger partial charge is 0.318 e. The van der Waals surface area contributed by atoms with Crippen molar-refractivity contribution >= 4 is 24.1 Å². The average Bonchev–Trinajstić information content (AvgIpc) is 3.22. The second-order valence-electron chi connectivity index (χ2n) is 7.02. The van der Waals surface area contributed by atoms with Crippen molar-refractivity contribution < 1.29 is 9.40 Å². The number of hydrogen-bond donors (Lipinski definition) is 0. The number of hydrogen-bond acceptors (Lipinski definition) is 3. The van der Waals surface area contributed by atoms with Crippen LogP contribution < -0.4 is 15.2 Å². The summed E-state index contributed by atoms with van der Waals surface area (Å²) in [6, 6.07) is 37.2. The van der Waals surface area contributed by atoms with Crippen molar-refractivity contribution in [1.29, 1.82) is 0 Å². The van der Waals surface area contributed by atoms with Crippen LogP contribution in [0.5, 0.6) is 0 Å². The average molecular weight is 411 g/mol. The number of benzene rings is 3. The van der Waals surface area contributed by atoms with Crippen LogP contribution >= 0.6 is 7.56 Å². The molecule has 0 aliphatic carbocycles. The summed E-state index contributed by atoms with van der Waals surface area (Å²) in [5.74, 6) is 0.660. The largest absolute Gasteiger partial charge is 0.340 e. The molecule has 0 bridgehead atoms. The number of hydroxylamine groups is 1. The Hall–Kier alpha value is -3.33. The lowest BCUT2D eigenvalue weighted by Gasteiger charge is -2.22. The molecule has 5 heteroatoms. The zero-order valence-corrected chi connectivity index (χ0v) is 17.3. The van der Waals surface area contributed by atoms with E-state index in [1.165, 1.54) is 10.6 Å². The van der Waals surface area contributed by atoms with E-state index in [-0.39, 0.29) is 0 Å². The third kappa shape index (κ3) is 3.41. The van der Waals surface area contributed by atoms with Crippen molar-refractivity contribution in [2.24, 2.45) is 4.76 Å². The highest BCUT2D eigenvalue weighted by Crippen LogP contribution is 2.64. The third-order valence-electron chi connectivity index (χ3n) is 5.07. The topological polar surface area (TPSA) is 28.7 Å². The second kappa shape index (κ2) is 8.19. The Labute approximate surface area is 177 Å². The van der Waals surface area contributed by atoms with Gasteiger partial charge in [-0.2, -0.15) is 4.57 Å². The van der Waals surface area contributed by atoms with Crippen LogP contribution in [0.3, 0.4) is 0 Å². The maximum Gasteiger partial charge on any atom is 0.318 e. The summed E-state index contributed by atoms with van der Waals surface area (Å²) in [6.45, 7) is 0.568. The molecule has 0 atom stereocenters. The van der Waals surface area contributed by atoms with E-state index in [1.807, 2.05) is 60.7 Å². The van der Waals surface area contributed by atoms with Crippen LogP contribution in [-0.4, -0.2) is 10.7 Å². The van der Waals surface area contributed by atoms with E-state index in [4.69, 9.17) is 9.60 Å². The molecule has 1 aliphatic heterocycles. The summed E-state index contributed by atoms with van der Waals surface area (Å²) in [7, 11) is -2.37. The van der Waals surface area contributed by atoms with Crippen LogP contribution in [0.2, 0.25) is 0 Å². The van der Waals surface area contributed by atoms with Gasteiger partial charge in [-0.15, -0.1) is 0 Å². The predicted octanol–water partition coefficient (Wildman–Crippen LogP) is 4.12. The Kier molecular flexibility index (Phi) is 5.10. The molecule has 1 aromatic heterocycles. The van der Waals surface area contributed by atoms with Crippen molar-refractivity contribution in [2.75, 3.05) is 0 Å². The van der Waals surface area contributed by atoms with E-state index in [1.54, 1.807) is 0 Å². The van der Waals surface area contributed by atoms with E-state index in [9.17, 15) is 0 Å². The molecule has 0 saturated carbocycles. The molecule has 3 aromatic carbocycles. The molecule has 146 valence electrons. The van der Waals surface area contributed by atoms with Gasteiger partial charge in [0.2, 0.25) is 0 Å². The van der Waals surface area contributed by atoms with Crippen molar-refractivity contribution in [3.05, 3.63) is 127 Å². The van der Waals surface area contributed by atoms with Crippen LogP contribution in [0.15, 0.2) is 126 Å². The summed E-state index contributed by atoms with van der Waals surface area (Å²) < 4.78 is 7.44. The highest BCUT2D eigenvalue weighted by Gasteiger charge is 2.60. The number of pyridine rings is 1. The van der Waals surface area contributed by atoms with Crippen LogP contribution in [0.4, 0.5) is 0 Å².